The van der Waals surface area contributed by atoms with E-state index in [4.69, 9.17) is 23.2 Å². The van der Waals surface area contributed by atoms with E-state index in [1.165, 1.54) is 11.1 Å². The molecule has 0 nitrogen and oxygen atoms in total. The normalized spacial score (nSPS) is 10.4. The maximum absolute atomic E-state index is 5.91. The summed E-state index contributed by atoms with van der Waals surface area (Å²) in [6.07, 6.45) is 0. The Kier molecular flexibility index (Phi) is 3.87. The summed E-state index contributed by atoms with van der Waals surface area (Å²) in [6, 6.07) is 16.5. The summed E-state index contributed by atoms with van der Waals surface area (Å²) in [5.74, 6) is 1.01. The quantitative estimate of drug-likeness (QED) is 0.685. The van der Waals surface area contributed by atoms with Crippen molar-refractivity contribution in [1.29, 1.82) is 0 Å². The molecule has 0 spiro atoms. The van der Waals surface area contributed by atoms with Crippen molar-refractivity contribution in [3.05, 3.63) is 59.7 Å². The lowest BCUT2D eigenvalue weighted by Crippen LogP contribution is -1.89. The zero-order valence-corrected chi connectivity index (χ0v) is 10.3. The molecule has 0 saturated heterocycles. The van der Waals surface area contributed by atoms with Crippen molar-refractivity contribution < 1.29 is 0 Å². The molecule has 2 heteroatoms. The number of halogens is 2. The van der Waals surface area contributed by atoms with Crippen molar-refractivity contribution >= 4 is 23.2 Å². The van der Waals surface area contributed by atoms with Gasteiger partial charge in [0.2, 0.25) is 0 Å². The average molecular weight is 251 g/mol. The highest BCUT2D eigenvalue weighted by atomic mass is 35.5. The molecule has 0 N–H and O–H groups in total. The fraction of sp³-hybridized carbons (Fsp3) is 0.143. The summed E-state index contributed by atoms with van der Waals surface area (Å²) in [5, 5.41) is 0. The van der Waals surface area contributed by atoms with E-state index in [1.807, 2.05) is 24.3 Å². The second kappa shape index (κ2) is 5.38. The molecule has 82 valence electrons. The highest BCUT2D eigenvalue weighted by Gasteiger charge is 2.03. The lowest BCUT2D eigenvalue weighted by atomic mass is 10.0. The van der Waals surface area contributed by atoms with Crippen LogP contribution in [0.25, 0.3) is 11.1 Å². The molecule has 0 heterocycles. The van der Waals surface area contributed by atoms with Crippen LogP contribution in [0.5, 0.6) is 0 Å². The Labute approximate surface area is 106 Å². The van der Waals surface area contributed by atoms with Crippen LogP contribution in [-0.4, -0.2) is 0 Å². The number of alkyl halides is 2. The third-order valence-corrected chi connectivity index (χ3v) is 3.18. The average Bonchev–Trinajstić information content (AvgIpc) is 2.39. The predicted octanol–water partition coefficient (Wildman–Crippen LogP) is 4.83. The molecule has 0 aliphatic heterocycles. The van der Waals surface area contributed by atoms with Gasteiger partial charge in [0, 0.05) is 11.8 Å². The first kappa shape index (κ1) is 11.5. The van der Waals surface area contributed by atoms with Crippen molar-refractivity contribution in [2.24, 2.45) is 0 Å². The van der Waals surface area contributed by atoms with Gasteiger partial charge in [-0.3, -0.25) is 0 Å². The van der Waals surface area contributed by atoms with E-state index in [2.05, 4.69) is 24.3 Å². The van der Waals surface area contributed by atoms with Gasteiger partial charge in [0.05, 0.1) is 0 Å². The predicted molar refractivity (Wildman–Crippen MR) is 71.0 cm³/mol. The summed E-state index contributed by atoms with van der Waals surface area (Å²) in [5.41, 5.74) is 4.61. The van der Waals surface area contributed by atoms with Gasteiger partial charge in [0.15, 0.2) is 0 Å². The Hall–Kier alpha value is -0.980. The largest absolute Gasteiger partial charge is 0.122 e. The monoisotopic (exact) mass is 250 g/mol. The summed E-state index contributed by atoms with van der Waals surface area (Å²) >= 11 is 11.8. The molecule has 0 radical (unpaired) electrons. The topological polar surface area (TPSA) is 0 Å². The van der Waals surface area contributed by atoms with E-state index in [9.17, 15) is 0 Å². The Bertz CT molecular complexity index is 463. The van der Waals surface area contributed by atoms with Gasteiger partial charge in [-0.2, -0.15) is 0 Å². The highest BCUT2D eigenvalue weighted by molar-refractivity contribution is 6.18. The van der Waals surface area contributed by atoms with E-state index < -0.39 is 0 Å². The molecule has 0 saturated carbocycles. The van der Waals surface area contributed by atoms with Crippen molar-refractivity contribution in [3.63, 3.8) is 0 Å². The molecular weight excluding hydrogens is 239 g/mol. The molecule has 0 aromatic heterocycles. The standard InChI is InChI=1S/C14H12Cl2/c15-9-13-7-6-12(8-14(13)10-16)11-4-2-1-3-5-11/h1-8H,9-10H2. The molecule has 0 bridgehead atoms. The molecule has 0 amide bonds. The Morgan fingerprint density at radius 3 is 2.00 bits per heavy atom. The number of benzene rings is 2. The second-order valence-electron chi connectivity index (χ2n) is 3.62. The van der Waals surface area contributed by atoms with Gasteiger partial charge in [0.1, 0.15) is 0 Å². The molecular formula is C14H12Cl2. The van der Waals surface area contributed by atoms with Crippen LogP contribution >= 0.6 is 23.2 Å². The fourth-order valence-electron chi connectivity index (χ4n) is 1.69. The first-order valence-electron chi connectivity index (χ1n) is 5.14. The van der Waals surface area contributed by atoms with Crippen LogP contribution in [-0.2, 0) is 11.8 Å². The lowest BCUT2D eigenvalue weighted by molar-refractivity contribution is 1.27. The van der Waals surface area contributed by atoms with Gasteiger partial charge >= 0.3 is 0 Å². The summed E-state index contributed by atoms with van der Waals surface area (Å²) in [4.78, 5) is 0. The van der Waals surface area contributed by atoms with E-state index >= 15 is 0 Å². The zero-order chi connectivity index (χ0) is 11.4. The van der Waals surface area contributed by atoms with Gasteiger partial charge in [0.25, 0.3) is 0 Å². The molecule has 0 unspecified atom stereocenters. The van der Waals surface area contributed by atoms with Crippen LogP contribution in [0.3, 0.4) is 0 Å². The van der Waals surface area contributed by atoms with Crippen molar-refractivity contribution in [3.8, 4) is 11.1 Å². The van der Waals surface area contributed by atoms with Crippen molar-refractivity contribution in [2.45, 2.75) is 11.8 Å². The smallest absolute Gasteiger partial charge is 0.0477 e. The number of hydrogen-bond donors (Lipinski definition) is 0. The maximum Gasteiger partial charge on any atom is 0.0477 e. The Balaban J connectivity index is 2.44. The minimum Gasteiger partial charge on any atom is -0.122 e. The fourth-order valence-corrected chi connectivity index (χ4v) is 2.20. The van der Waals surface area contributed by atoms with Gasteiger partial charge in [-0.25, -0.2) is 0 Å². The Morgan fingerprint density at radius 2 is 1.38 bits per heavy atom. The molecule has 0 fully saturated rings. The molecule has 0 aliphatic rings. The summed E-state index contributed by atoms with van der Waals surface area (Å²) in [6.45, 7) is 0. The van der Waals surface area contributed by atoms with Crippen LogP contribution in [0, 0.1) is 0 Å². The zero-order valence-electron chi connectivity index (χ0n) is 8.79. The first-order valence-corrected chi connectivity index (χ1v) is 6.21. The minimum absolute atomic E-state index is 0.503. The van der Waals surface area contributed by atoms with Crippen LogP contribution in [0.4, 0.5) is 0 Å². The molecule has 2 aromatic rings. The molecule has 2 aromatic carbocycles. The SMILES string of the molecule is ClCc1ccc(-c2ccccc2)cc1CCl. The van der Waals surface area contributed by atoms with Crippen LogP contribution < -0.4 is 0 Å². The van der Waals surface area contributed by atoms with E-state index in [0.717, 1.165) is 11.1 Å². The number of hydrogen-bond acceptors (Lipinski definition) is 0. The first-order chi connectivity index (χ1) is 7.85. The van der Waals surface area contributed by atoms with Gasteiger partial charge in [-0.15, -0.1) is 23.2 Å². The van der Waals surface area contributed by atoms with E-state index in [1.54, 1.807) is 0 Å². The maximum atomic E-state index is 5.91. The molecule has 16 heavy (non-hydrogen) atoms. The van der Waals surface area contributed by atoms with Gasteiger partial charge in [-0.05, 0) is 28.3 Å². The number of rotatable bonds is 3. The van der Waals surface area contributed by atoms with Crippen LogP contribution in [0.1, 0.15) is 11.1 Å². The molecule has 2 rings (SSSR count). The highest BCUT2D eigenvalue weighted by Crippen LogP contribution is 2.24. The summed E-state index contributed by atoms with van der Waals surface area (Å²) < 4.78 is 0. The third kappa shape index (κ3) is 2.40. The van der Waals surface area contributed by atoms with Crippen molar-refractivity contribution in [1.82, 2.24) is 0 Å². The van der Waals surface area contributed by atoms with Gasteiger partial charge in [-0.1, -0.05) is 42.5 Å². The van der Waals surface area contributed by atoms with Gasteiger partial charge < -0.3 is 0 Å². The Morgan fingerprint density at radius 1 is 0.688 bits per heavy atom. The third-order valence-electron chi connectivity index (χ3n) is 2.60. The summed E-state index contributed by atoms with van der Waals surface area (Å²) in [7, 11) is 0. The minimum atomic E-state index is 0.503. The van der Waals surface area contributed by atoms with Crippen molar-refractivity contribution in [2.75, 3.05) is 0 Å². The van der Waals surface area contributed by atoms with Crippen LogP contribution in [0.15, 0.2) is 48.5 Å². The van der Waals surface area contributed by atoms with E-state index in [-0.39, 0.29) is 0 Å². The molecule has 0 aliphatic carbocycles. The van der Waals surface area contributed by atoms with Crippen LogP contribution in [0.2, 0.25) is 0 Å². The second-order valence-corrected chi connectivity index (χ2v) is 4.15. The van der Waals surface area contributed by atoms with E-state index in [0.29, 0.717) is 11.8 Å². The molecule has 0 atom stereocenters. The lowest BCUT2D eigenvalue weighted by Gasteiger charge is -2.07.